The van der Waals surface area contributed by atoms with Crippen LogP contribution >= 0.6 is 11.6 Å². The fourth-order valence-electron chi connectivity index (χ4n) is 1.56. The molecule has 0 heterocycles. The van der Waals surface area contributed by atoms with Gasteiger partial charge in [-0.05, 0) is 38.6 Å². The summed E-state index contributed by atoms with van der Waals surface area (Å²) in [5, 5.41) is 12.4. The summed E-state index contributed by atoms with van der Waals surface area (Å²) >= 11 is 5.85. The zero-order valence-electron chi connectivity index (χ0n) is 11.2. The molecule has 0 aliphatic heterocycles. The van der Waals surface area contributed by atoms with E-state index in [2.05, 4.69) is 5.32 Å². The summed E-state index contributed by atoms with van der Waals surface area (Å²) in [4.78, 5) is 13.7. The highest BCUT2D eigenvalue weighted by Gasteiger charge is 2.09. The molecule has 0 aliphatic rings. The van der Waals surface area contributed by atoms with Crippen LogP contribution < -0.4 is 11.1 Å². The van der Waals surface area contributed by atoms with Gasteiger partial charge in [-0.2, -0.15) is 0 Å². The number of nitrogens with two attached hydrogens (primary N) is 1. The van der Waals surface area contributed by atoms with E-state index < -0.39 is 0 Å². The van der Waals surface area contributed by atoms with Crippen LogP contribution in [-0.4, -0.2) is 42.2 Å². The third-order valence-corrected chi connectivity index (χ3v) is 2.87. The summed E-state index contributed by atoms with van der Waals surface area (Å²) in [6.07, 6.45) is 0.261. The molecule has 106 valence electrons. The van der Waals surface area contributed by atoms with Crippen molar-refractivity contribution < 1.29 is 9.90 Å². The number of benzene rings is 1. The molecule has 1 amide bonds. The predicted octanol–water partition coefficient (Wildman–Crippen LogP) is 1.56. The van der Waals surface area contributed by atoms with Gasteiger partial charge in [-0.3, -0.25) is 9.69 Å². The average Bonchev–Trinajstić information content (AvgIpc) is 2.31. The van der Waals surface area contributed by atoms with Gasteiger partial charge in [0.05, 0.1) is 24.0 Å². The summed E-state index contributed by atoms with van der Waals surface area (Å²) in [6, 6.07) is 4.93. The highest BCUT2D eigenvalue weighted by atomic mass is 35.5. The molecule has 0 radical (unpaired) electrons. The van der Waals surface area contributed by atoms with Crippen LogP contribution in [0.3, 0.4) is 0 Å². The first-order valence-electron chi connectivity index (χ1n) is 6.10. The van der Waals surface area contributed by atoms with Crippen molar-refractivity contribution >= 4 is 28.9 Å². The Kier molecular flexibility index (Phi) is 6.08. The number of carbonyl (C=O) groups excluding carboxylic acids is 1. The topological polar surface area (TPSA) is 78.6 Å². The quantitative estimate of drug-likeness (QED) is 0.693. The zero-order chi connectivity index (χ0) is 14.4. The van der Waals surface area contributed by atoms with E-state index in [-0.39, 0.29) is 18.6 Å². The molecule has 0 aromatic heterocycles. The molecular formula is C13H20ClN3O2. The van der Waals surface area contributed by atoms with Gasteiger partial charge in [0, 0.05) is 11.6 Å². The van der Waals surface area contributed by atoms with E-state index in [9.17, 15) is 9.90 Å². The molecule has 0 bridgehead atoms. The molecule has 6 heteroatoms. The number of nitrogens with one attached hydrogen (secondary N) is 1. The lowest BCUT2D eigenvalue weighted by atomic mass is 10.2. The number of aliphatic hydroxyl groups is 1. The zero-order valence-corrected chi connectivity index (χ0v) is 11.9. The van der Waals surface area contributed by atoms with Crippen molar-refractivity contribution in [1.82, 2.24) is 4.90 Å². The van der Waals surface area contributed by atoms with Crippen molar-refractivity contribution in [1.29, 1.82) is 0 Å². The smallest absolute Gasteiger partial charge is 0.238 e. The minimum atomic E-state index is -0.367. The number of hydrogen-bond donors (Lipinski definition) is 3. The number of carbonyl (C=O) groups is 1. The van der Waals surface area contributed by atoms with E-state index >= 15 is 0 Å². The molecule has 5 nitrogen and oxygen atoms in total. The second kappa shape index (κ2) is 7.33. The van der Waals surface area contributed by atoms with E-state index in [1.807, 2.05) is 11.9 Å². The summed E-state index contributed by atoms with van der Waals surface area (Å²) < 4.78 is 0. The molecule has 19 heavy (non-hydrogen) atoms. The Balaban J connectivity index is 2.48. The number of halogens is 1. The molecule has 1 aromatic carbocycles. The normalized spacial score (nSPS) is 12.5. The lowest BCUT2D eigenvalue weighted by Crippen LogP contribution is -2.32. The fraction of sp³-hybridized carbons (Fsp3) is 0.462. The van der Waals surface area contributed by atoms with Gasteiger partial charge in [-0.15, -0.1) is 0 Å². The van der Waals surface area contributed by atoms with Crippen molar-refractivity contribution in [2.75, 3.05) is 31.2 Å². The highest BCUT2D eigenvalue weighted by Crippen LogP contribution is 2.22. The van der Waals surface area contributed by atoms with Gasteiger partial charge in [-0.25, -0.2) is 0 Å². The first-order chi connectivity index (χ1) is 8.88. The largest absolute Gasteiger partial charge is 0.397 e. The van der Waals surface area contributed by atoms with Gasteiger partial charge in [0.1, 0.15) is 0 Å². The maximum absolute atomic E-state index is 11.8. The Morgan fingerprint density at radius 1 is 1.58 bits per heavy atom. The summed E-state index contributed by atoms with van der Waals surface area (Å²) in [5.41, 5.74) is 6.74. The average molecular weight is 286 g/mol. The Bertz CT molecular complexity index is 438. The molecule has 0 fully saturated rings. The van der Waals surface area contributed by atoms with E-state index in [0.717, 1.165) is 0 Å². The van der Waals surface area contributed by atoms with Crippen LogP contribution in [0.2, 0.25) is 5.02 Å². The number of nitrogen functional groups attached to an aromatic ring is 1. The van der Waals surface area contributed by atoms with Gasteiger partial charge in [0.15, 0.2) is 0 Å². The van der Waals surface area contributed by atoms with Gasteiger partial charge in [-0.1, -0.05) is 11.6 Å². The number of amides is 1. The third-order valence-electron chi connectivity index (χ3n) is 2.63. The molecule has 0 saturated heterocycles. The molecule has 0 saturated carbocycles. The SMILES string of the molecule is CC(O)CCN(C)CC(=O)Nc1cc(Cl)ccc1N. The Morgan fingerprint density at radius 3 is 2.89 bits per heavy atom. The number of nitrogens with zero attached hydrogens (tertiary/aromatic N) is 1. The minimum absolute atomic E-state index is 0.165. The van der Waals surface area contributed by atoms with Gasteiger partial charge in [0.2, 0.25) is 5.91 Å². The second-order valence-corrected chi connectivity index (χ2v) is 5.09. The maximum Gasteiger partial charge on any atom is 0.238 e. The van der Waals surface area contributed by atoms with E-state index in [1.165, 1.54) is 0 Å². The molecule has 1 atom stereocenters. The van der Waals surface area contributed by atoms with Crippen LogP contribution in [0.25, 0.3) is 0 Å². The minimum Gasteiger partial charge on any atom is -0.397 e. The molecule has 1 aromatic rings. The number of hydrogen-bond acceptors (Lipinski definition) is 4. The standard InChI is InChI=1S/C13H20ClN3O2/c1-9(18)5-6-17(2)8-13(19)16-12-7-10(14)3-4-11(12)15/h3-4,7,9,18H,5-6,8,15H2,1-2H3,(H,16,19). The van der Waals surface area contributed by atoms with Gasteiger partial charge in [0.25, 0.3) is 0 Å². The van der Waals surface area contributed by atoms with Crippen molar-refractivity contribution in [2.45, 2.75) is 19.4 Å². The third kappa shape index (κ3) is 5.92. The van der Waals surface area contributed by atoms with Crippen LogP contribution in [-0.2, 0) is 4.79 Å². The lowest BCUT2D eigenvalue weighted by molar-refractivity contribution is -0.117. The van der Waals surface area contributed by atoms with Crippen molar-refractivity contribution in [2.24, 2.45) is 0 Å². The van der Waals surface area contributed by atoms with Crippen molar-refractivity contribution in [3.63, 3.8) is 0 Å². The summed E-state index contributed by atoms with van der Waals surface area (Å²) in [5.74, 6) is -0.165. The Hall–Kier alpha value is -1.30. The van der Waals surface area contributed by atoms with Crippen molar-refractivity contribution in [3.05, 3.63) is 23.2 Å². The van der Waals surface area contributed by atoms with E-state index in [0.29, 0.717) is 29.4 Å². The maximum atomic E-state index is 11.8. The number of likely N-dealkylation sites (N-methyl/N-ethyl adjacent to an activating group) is 1. The van der Waals surface area contributed by atoms with Crippen LogP contribution in [0.4, 0.5) is 11.4 Å². The van der Waals surface area contributed by atoms with E-state index in [1.54, 1.807) is 25.1 Å². The van der Waals surface area contributed by atoms with Crippen LogP contribution in [0.5, 0.6) is 0 Å². The van der Waals surface area contributed by atoms with Gasteiger partial charge < -0.3 is 16.2 Å². The Labute approximate surface area is 118 Å². The van der Waals surface area contributed by atoms with E-state index in [4.69, 9.17) is 17.3 Å². The van der Waals surface area contributed by atoms with Crippen LogP contribution in [0.15, 0.2) is 18.2 Å². The number of aliphatic hydroxyl groups excluding tert-OH is 1. The van der Waals surface area contributed by atoms with Crippen LogP contribution in [0.1, 0.15) is 13.3 Å². The number of anilines is 2. The van der Waals surface area contributed by atoms with Gasteiger partial charge >= 0.3 is 0 Å². The molecule has 0 aliphatic carbocycles. The molecule has 4 N–H and O–H groups in total. The second-order valence-electron chi connectivity index (χ2n) is 4.66. The monoisotopic (exact) mass is 285 g/mol. The highest BCUT2D eigenvalue weighted by molar-refractivity contribution is 6.31. The molecule has 1 rings (SSSR count). The fourth-order valence-corrected chi connectivity index (χ4v) is 1.73. The summed E-state index contributed by atoms with van der Waals surface area (Å²) in [7, 11) is 1.82. The molecule has 1 unspecified atom stereocenters. The van der Waals surface area contributed by atoms with Crippen molar-refractivity contribution in [3.8, 4) is 0 Å². The Morgan fingerprint density at radius 2 is 2.26 bits per heavy atom. The summed E-state index contributed by atoms with van der Waals surface area (Å²) in [6.45, 7) is 2.61. The molecular weight excluding hydrogens is 266 g/mol. The predicted molar refractivity (Wildman–Crippen MR) is 78.3 cm³/mol. The first kappa shape index (κ1) is 15.8. The first-order valence-corrected chi connectivity index (χ1v) is 6.47. The lowest BCUT2D eigenvalue weighted by Gasteiger charge is -2.17. The number of rotatable bonds is 6. The van der Waals surface area contributed by atoms with Crippen LogP contribution in [0, 0.1) is 0 Å². The molecule has 0 spiro atoms.